The summed E-state index contributed by atoms with van der Waals surface area (Å²) in [5.41, 5.74) is 0.486. The van der Waals surface area contributed by atoms with Crippen molar-refractivity contribution in [3.05, 3.63) is 29.3 Å². The molecule has 0 bridgehead atoms. The lowest BCUT2D eigenvalue weighted by molar-refractivity contribution is -0.137. The number of rotatable bonds is 5. The van der Waals surface area contributed by atoms with Gasteiger partial charge in [-0.2, -0.15) is 5.26 Å². The normalized spacial score (nSPS) is 10.5. The highest BCUT2D eigenvalue weighted by Gasteiger charge is 2.12. The molecular formula is C14H15NO4. The van der Waals surface area contributed by atoms with Crippen LogP contribution in [-0.4, -0.2) is 26.8 Å². The number of hydrogen-bond acceptors (Lipinski definition) is 5. The molecule has 0 saturated carbocycles. The van der Waals surface area contributed by atoms with Crippen LogP contribution in [0.2, 0.25) is 0 Å². The van der Waals surface area contributed by atoms with Gasteiger partial charge in [-0.15, -0.1) is 0 Å². The van der Waals surface area contributed by atoms with Gasteiger partial charge < -0.3 is 14.2 Å². The number of nitrogens with zero attached hydrogens (tertiary/aromatic N) is 1. The first-order valence-electron chi connectivity index (χ1n) is 5.67. The Morgan fingerprint density at radius 1 is 1.37 bits per heavy atom. The highest BCUT2D eigenvalue weighted by molar-refractivity contribution is 5.98. The lowest BCUT2D eigenvalue weighted by Gasteiger charge is -2.07. The van der Waals surface area contributed by atoms with E-state index in [1.807, 2.05) is 6.07 Å². The molecule has 0 spiro atoms. The third kappa shape index (κ3) is 3.75. The second-order valence-electron chi connectivity index (χ2n) is 3.50. The first kappa shape index (κ1) is 14.6. The van der Waals surface area contributed by atoms with Gasteiger partial charge in [0.1, 0.15) is 23.1 Å². The van der Waals surface area contributed by atoms with Crippen LogP contribution in [0.1, 0.15) is 12.5 Å². The Morgan fingerprint density at radius 3 is 2.63 bits per heavy atom. The van der Waals surface area contributed by atoms with E-state index in [-0.39, 0.29) is 12.2 Å². The molecule has 19 heavy (non-hydrogen) atoms. The molecule has 0 radical (unpaired) electrons. The zero-order valence-corrected chi connectivity index (χ0v) is 11.1. The molecule has 1 rings (SSSR count). The van der Waals surface area contributed by atoms with E-state index >= 15 is 0 Å². The number of ether oxygens (including phenoxy) is 3. The Kier molecular flexibility index (Phi) is 5.42. The van der Waals surface area contributed by atoms with Gasteiger partial charge in [-0.25, -0.2) is 4.79 Å². The first-order chi connectivity index (χ1) is 9.15. The van der Waals surface area contributed by atoms with Crippen LogP contribution in [0, 0.1) is 11.3 Å². The lowest BCUT2D eigenvalue weighted by Crippen LogP contribution is -2.06. The summed E-state index contributed by atoms with van der Waals surface area (Å²) in [5.74, 6) is 0.487. The number of nitriles is 1. The molecule has 0 amide bonds. The highest BCUT2D eigenvalue weighted by Crippen LogP contribution is 2.26. The zero-order chi connectivity index (χ0) is 14.3. The van der Waals surface area contributed by atoms with E-state index in [0.717, 1.165) is 0 Å². The minimum Gasteiger partial charge on any atom is -0.497 e. The molecule has 0 aliphatic rings. The summed E-state index contributed by atoms with van der Waals surface area (Å²) in [5, 5.41) is 8.98. The SMILES string of the molecule is CCOC(=O)C(C#N)=Cc1cc(OC)ccc1OC. The maximum absolute atomic E-state index is 11.5. The minimum atomic E-state index is -0.658. The van der Waals surface area contributed by atoms with Gasteiger partial charge in [-0.05, 0) is 31.2 Å². The summed E-state index contributed by atoms with van der Waals surface area (Å²) in [6.07, 6.45) is 1.42. The maximum atomic E-state index is 11.5. The van der Waals surface area contributed by atoms with Gasteiger partial charge in [0, 0.05) is 5.56 Å². The van der Waals surface area contributed by atoms with Crippen LogP contribution in [0.25, 0.3) is 6.08 Å². The van der Waals surface area contributed by atoms with Crippen molar-refractivity contribution < 1.29 is 19.0 Å². The molecule has 5 heteroatoms. The summed E-state index contributed by atoms with van der Waals surface area (Å²) >= 11 is 0. The van der Waals surface area contributed by atoms with Crippen molar-refractivity contribution in [2.45, 2.75) is 6.92 Å². The van der Waals surface area contributed by atoms with Gasteiger partial charge in [-0.1, -0.05) is 0 Å². The Hall–Kier alpha value is -2.48. The largest absolute Gasteiger partial charge is 0.497 e. The molecule has 100 valence electrons. The fourth-order valence-corrected chi connectivity index (χ4v) is 1.45. The van der Waals surface area contributed by atoms with Crippen molar-refractivity contribution >= 4 is 12.0 Å². The molecule has 0 unspecified atom stereocenters. The molecule has 0 aliphatic heterocycles. The van der Waals surface area contributed by atoms with E-state index in [2.05, 4.69) is 0 Å². The standard InChI is InChI=1S/C14H15NO4/c1-4-19-14(16)11(9-15)7-10-8-12(17-2)5-6-13(10)18-3/h5-8H,4H2,1-3H3. The molecule has 0 saturated heterocycles. The van der Waals surface area contributed by atoms with Gasteiger partial charge >= 0.3 is 5.97 Å². The smallest absolute Gasteiger partial charge is 0.348 e. The molecule has 1 aromatic carbocycles. The van der Waals surface area contributed by atoms with Gasteiger partial charge in [0.2, 0.25) is 0 Å². The van der Waals surface area contributed by atoms with Crippen LogP contribution < -0.4 is 9.47 Å². The average Bonchev–Trinajstić information content (AvgIpc) is 2.44. The lowest BCUT2D eigenvalue weighted by atomic mass is 10.1. The molecule has 0 atom stereocenters. The Bertz CT molecular complexity index is 529. The molecule has 0 heterocycles. The molecule has 0 N–H and O–H groups in total. The van der Waals surface area contributed by atoms with Gasteiger partial charge in [-0.3, -0.25) is 0 Å². The summed E-state index contributed by atoms with van der Waals surface area (Å²) in [7, 11) is 3.04. The van der Waals surface area contributed by atoms with E-state index < -0.39 is 5.97 Å². The third-order valence-corrected chi connectivity index (χ3v) is 2.35. The minimum absolute atomic E-state index is 0.0894. The first-order valence-corrected chi connectivity index (χ1v) is 5.67. The third-order valence-electron chi connectivity index (χ3n) is 2.35. The fraction of sp³-hybridized carbons (Fsp3) is 0.286. The number of benzene rings is 1. The van der Waals surface area contributed by atoms with Gasteiger partial charge in [0.25, 0.3) is 0 Å². The summed E-state index contributed by atoms with van der Waals surface area (Å²) < 4.78 is 15.1. The predicted molar refractivity (Wildman–Crippen MR) is 69.8 cm³/mol. The fourth-order valence-electron chi connectivity index (χ4n) is 1.45. The summed E-state index contributed by atoms with van der Waals surface area (Å²) in [4.78, 5) is 11.5. The van der Waals surface area contributed by atoms with E-state index in [4.69, 9.17) is 19.5 Å². The van der Waals surface area contributed by atoms with E-state index in [1.54, 1.807) is 25.1 Å². The van der Waals surface area contributed by atoms with Crippen molar-refractivity contribution in [2.75, 3.05) is 20.8 Å². The number of esters is 1. The summed E-state index contributed by atoms with van der Waals surface area (Å²) in [6, 6.07) is 6.92. The Labute approximate surface area is 112 Å². The molecule has 0 aliphatic carbocycles. The van der Waals surface area contributed by atoms with Crippen LogP contribution in [-0.2, 0) is 9.53 Å². The van der Waals surface area contributed by atoms with Crippen LogP contribution in [0.15, 0.2) is 23.8 Å². The van der Waals surface area contributed by atoms with Crippen molar-refractivity contribution in [2.24, 2.45) is 0 Å². The second kappa shape index (κ2) is 7.07. The molecule has 0 fully saturated rings. The van der Waals surface area contributed by atoms with Gasteiger partial charge in [0.05, 0.1) is 20.8 Å². The van der Waals surface area contributed by atoms with Crippen LogP contribution in [0.5, 0.6) is 11.5 Å². The van der Waals surface area contributed by atoms with Crippen molar-refractivity contribution in [3.8, 4) is 17.6 Å². The number of carbonyl (C=O) groups excluding carboxylic acids is 1. The van der Waals surface area contributed by atoms with E-state index in [0.29, 0.717) is 17.1 Å². The van der Waals surface area contributed by atoms with Gasteiger partial charge in [0.15, 0.2) is 0 Å². The molecular weight excluding hydrogens is 246 g/mol. The number of hydrogen-bond donors (Lipinski definition) is 0. The topological polar surface area (TPSA) is 68.6 Å². The van der Waals surface area contributed by atoms with Crippen molar-refractivity contribution in [1.82, 2.24) is 0 Å². The van der Waals surface area contributed by atoms with E-state index in [1.165, 1.54) is 20.3 Å². The Morgan fingerprint density at radius 2 is 2.11 bits per heavy atom. The monoisotopic (exact) mass is 261 g/mol. The van der Waals surface area contributed by atoms with Crippen LogP contribution in [0.4, 0.5) is 0 Å². The number of methoxy groups -OCH3 is 2. The second-order valence-corrected chi connectivity index (χ2v) is 3.50. The number of carbonyl (C=O) groups is 1. The average molecular weight is 261 g/mol. The zero-order valence-electron chi connectivity index (χ0n) is 11.1. The molecule has 5 nitrogen and oxygen atoms in total. The highest BCUT2D eigenvalue weighted by atomic mass is 16.5. The van der Waals surface area contributed by atoms with E-state index in [9.17, 15) is 4.79 Å². The quantitative estimate of drug-likeness (QED) is 0.461. The summed E-state index contributed by atoms with van der Waals surface area (Å²) in [6.45, 7) is 1.89. The Balaban J connectivity index is 3.20. The van der Waals surface area contributed by atoms with Crippen LogP contribution >= 0.6 is 0 Å². The maximum Gasteiger partial charge on any atom is 0.348 e. The van der Waals surface area contributed by atoms with Crippen molar-refractivity contribution in [3.63, 3.8) is 0 Å². The molecule has 1 aromatic rings. The van der Waals surface area contributed by atoms with Crippen LogP contribution in [0.3, 0.4) is 0 Å². The predicted octanol–water partition coefficient (Wildman–Crippen LogP) is 2.17. The molecule has 0 aromatic heterocycles. The van der Waals surface area contributed by atoms with Crippen molar-refractivity contribution in [1.29, 1.82) is 5.26 Å².